The summed E-state index contributed by atoms with van der Waals surface area (Å²) in [6.07, 6.45) is 0. The molecule has 0 aliphatic rings. The van der Waals surface area contributed by atoms with Crippen molar-refractivity contribution in [2.24, 2.45) is 0 Å². The number of nitrogens with one attached hydrogen (secondary N) is 2. The van der Waals surface area contributed by atoms with Crippen LogP contribution in [0.25, 0.3) is 0 Å². The Balaban J connectivity index is 1.68. The lowest BCUT2D eigenvalue weighted by Crippen LogP contribution is -2.41. The van der Waals surface area contributed by atoms with E-state index in [1.165, 1.54) is 36.3 Å². The number of carbonyl (C=O) groups excluding carboxylic acids is 2. The van der Waals surface area contributed by atoms with Gasteiger partial charge in [-0.3, -0.25) is 9.69 Å². The summed E-state index contributed by atoms with van der Waals surface area (Å²) in [6.45, 7) is 0.354. The molecule has 3 aromatic carbocycles. The predicted octanol–water partition coefficient (Wildman–Crippen LogP) is 4.31. The van der Waals surface area contributed by atoms with Gasteiger partial charge in [0.05, 0.1) is 14.2 Å². The molecule has 0 saturated heterocycles. The SMILES string of the molecule is COc1ccc(NC(=O)N(CCNC(=O)c2cccc(OC)c2)c2ccc(F)cc2)cc1. The summed E-state index contributed by atoms with van der Waals surface area (Å²) in [5.74, 6) is 0.539. The summed E-state index contributed by atoms with van der Waals surface area (Å²) in [4.78, 5) is 26.8. The van der Waals surface area contributed by atoms with Crippen molar-refractivity contribution in [3.05, 3.63) is 84.2 Å². The normalized spacial score (nSPS) is 10.2. The minimum Gasteiger partial charge on any atom is -0.497 e. The lowest BCUT2D eigenvalue weighted by Gasteiger charge is -2.23. The molecule has 3 amide bonds. The second-order valence-corrected chi connectivity index (χ2v) is 6.77. The summed E-state index contributed by atoms with van der Waals surface area (Å²) >= 11 is 0. The van der Waals surface area contributed by atoms with E-state index in [0.29, 0.717) is 28.4 Å². The van der Waals surface area contributed by atoms with Gasteiger partial charge in [-0.15, -0.1) is 0 Å². The van der Waals surface area contributed by atoms with E-state index in [4.69, 9.17) is 9.47 Å². The highest BCUT2D eigenvalue weighted by Gasteiger charge is 2.17. The Bertz CT molecular complexity index is 1060. The lowest BCUT2D eigenvalue weighted by atomic mass is 10.2. The molecule has 0 bridgehead atoms. The third-order valence-electron chi connectivity index (χ3n) is 4.68. The van der Waals surface area contributed by atoms with Crippen LogP contribution >= 0.6 is 0 Å². The van der Waals surface area contributed by atoms with Crippen molar-refractivity contribution in [1.29, 1.82) is 0 Å². The van der Waals surface area contributed by atoms with Crippen LogP contribution in [0.5, 0.6) is 11.5 Å². The Morgan fingerprint density at radius 2 is 1.59 bits per heavy atom. The van der Waals surface area contributed by atoms with E-state index in [9.17, 15) is 14.0 Å². The van der Waals surface area contributed by atoms with E-state index < -0.39 is 11.8 Å². The topological polar surface area (TPSA) is 79.9 Å². The summed E-state index contributed by atoms with van der Waals surface area (Å²) in [5.41, 5.74) is 1.51. The van der Waals surface area contributed by atoms with E-state index in [1.807, 2.05) is 0 Å². The van der Waals surface area contributed by atoms with Gasteiger partial charge < -0.3 is 20.1 Å². The van der Waals surface area contributed by atoms with Crippen LogP contribution in [0.2, 0.25) is 0 Å². The molecule has 0 spiro atoms. The number of benzene rings is 3. The molecule has 0 saturated carbocycles. The van der Waals surface area contributed by atoms with Crippen molar-refractivity contribution in [2.75, 3.05) is 37.5 Å². The average Bonchev–Trinajstić information content (AvgIpc) is 2.83. The summed E-state index contributed by atoms with van der Waals surface area (Å²) < 4.78 is 23.6. The third-order valence-corrected chi connectivity index (χ3v) is 4.68. The summed E-state index contributed by atoms with van der Waals surface area (Å²) in [6, 6.07) is 18.8. The number of ether oxygens (including phenoxy) is 2. The Hall–Kier alpha value is -4.07. The Morgan fingerprint density at radius 3 is 2.25 bits per heavy atom. The van der Waals surface area contributed by atoms with Crippen LogP contribution in [0, 0.1) is 5.82 Å². The maximum atomic E-state index is 13.4. The quantitative estimate of drug-likeness (QED) is 0.550. The van der Waals surface area contributed by atoms with Gasteiger partial charge in [-0.1, -0.05) is 6.07 Å². The van der Waals surface area contributed by atoms with Crippen molar-refractivity contribution in [1.82, 2.24) is 5.32 Å². The van der Waals surface area contributed by atoms with Gasteiger partial charge in [-0.05, 0) is 66.7 Å². The number of methoxy groups -OCH3 is 2. The molecule has 0 aliphatic carbocycles. The van der Waals surface area contributed by atoms with Crippen molar-refractivity contribution in [2.45, 2.75) is 0 Å². The molecule has 8 heteroatoms. The third kappa shape index (κ3) is 5.98. The zero-order valence-corrected chi connectivity index (χ0v) is 17.8. The molecule has 3 aromatic rings. The molecule has 0 fully saturated rings. The van der Waals surface area contributed by atoms with Gasteiger partial charge in [0.15, 0.2) is 0 Å². The van der Waals surface area contributed by atoms with Gasteiger partial charge in [0.2, 0.25) is 0 Å². The molecule has 0 aromatic heterocycles. The standard InChI is InChI=1S/C24H24FN3O4/c1-31-21-12-8-19(9-13-21)27-24(30)28(20-10-6-18(25)7-11-20)15-14-26-23(29)17-4-3-5-22(16-17)32-2/h3-13,16H,14-15H2,1-2H3,(H,26,29)(H,27,30). The molecule has 2 N–H and O–H groups in total. The fourth-order valence-corrected chi connectivity index (χ4v) is 2.98. The molecule has 0 aliphatic heterocycles. The van der Waals surface area contributed by atoms with Gasteiger partial charge in [0, 0.05) is 30.0 Å². The molecule has 3 rings (SSSR count). The molecular weight excluding hydrogens is 413 g/mol. The fraction of sp³-hybridized carbons (Fsp3) is 0.167. The predicted molar refractivity (Wildman–Crippen MR) is 121 cm³/mol. The number of urea groups is 1. The Labute approximate surface area is 185 Å². The fourth-order valence-electron chi connectivity index (χ4n) is 2.98. The van der Waals surface area contributed by atoms with Crippen LogP contribution in [0.15, 0.2) is 72.8 Å². The first kappa shape index (κ1) is 22.6. The van der Waals surface area contributed by atoms with E-state index in [1.54, 1.807) is 55.6 Å². The van der Waals surface area contributed by atoms with Gasteiger partial charge in [-0.2, -0.15) is 0 Å². The average molecular weight is 437 g/mol. The van der Waals surface area contributed by atoms with Crippen LogP contribution in [0.3, 0.4) is 0 Å². The molecule has 32 heavy (non-hydrogen) atoms. The highest BCUT2D eigenvalue weighted by atomic mass is 19.1. The highest BCUT2D eigenvalue weighted by Crippen LogP contribution is 2.19. The number of rotatable bonds is 8. The largest absolute Gasteiger partial charge is 0.497 e. The van der Waals surface area contributed by atoms with Gasteiger partial charge in [-0.25, -0.2) is 9.18 Å². The zero-order chi connectivity index (χ0) is 22.9. The van der Waals surface area contributed by atoms with Gasteiger partial charge >= 0.3 is 6.03 Å². The van der Waals surface area contributed by atoms with Crippen molar-refractivity contribution >= 4 is 23.3 Å². The van der Waals surface area contributed by atoms with Crippen molar-refractivity contribution in [3.63, 3.8) is 0 Å². The molecule has 0 heterocycles. The van der Waals surface area contributed by atoms with Gasteiger partial charge in [0.1, 0.15) is 17.3 Å². The number of hydrogen-bond donors (Lipinski definition) is 2. The minimum absolute atomic E-state index is 0.170. The van der Waals surface area contributed by atoms with Crippen LogP contribution in [0.4, 0.5) is 20.6 Å². The number of nitrogens with zero attached hydrogens (tertiary/aromatic N) is 1. The monoisotopic (exact) mass is 437 g/mol. The maximum Gasteiger partial charge on any atom is 0.326 e. The van der Waals surface area contributed by atoms with E-state index in [-0.39, 0.29) is 19.0 Å². The molecule has 7 nitrogen and oxygen atoms in total. The second-order valence-electron chi connectivity index (χ2n) is 6.77. The zero-order valence-electron chi connectivity index (χ0n) is 17.8. The maximum absolute atomic E-state index is 13.4. The summed E-state index contributed by atoms with van der Waals surface area (Å²) in [7, 11) is 3.09. The number of hydrogen-bond acceptors (Lipinski definition) is 4. The van der Waals surface area contributed by atoms with E-state index in [0.717, 1.165) is 0 Å². The first-order valence-electron chi connectivity index (χ1n) is 9.90. The molecule has 0 unspecified atom stereocenters. The number of carbonyl (C=O) groups is 2. The Kier molecular flexibility index (Phi) is 7.64. The minimum atomic E-state index is -0.419. The first-order valence-corrected chi connectivity index (χ1v) is 9.90. The smallest absolute Gasteiger partial charge is 0.326 e. The molecule has 0 atom stereocenters. The summed E-state index contributed by atoms with van der Waals surface area (Å²) in [5, 5.41) is 5.59. The number of anilines is 2. The Morgan fingerprint density at radius 1 is 0.906 bits per heavy atom. The number of amides is 3. The number of halogens is 1. The van der Waals surface area contributed by atoms with Crippen molar-refractivity contribution in [3.8, 4) is 11.5 Å². The second kappa shape index (κ2) is 10.8. The van der Waals surface area contributed by atoms with E-state index in [2.05, 4.69) is 10.6 Å². The first-order chi connectivity index (χ1) is 15.5. The van der Waals surface area contributed by atoms with Crippen LogP contribution in [-0.2, 0) is 0 Å². The molecule has 0 radical (unpaired) electrons. The van der Waals surface area contributed by atoms with Crippen LogP contribution < -0.4 is 25.0 Å². The van der Waals surface area contributed by atoms with Crippen LogP contribution in [-0.4, -0.2) is 39.2 Å². The van der Waals surface area contributed by atoms with Crippen molar-refractivity contribution < 1.29 is 23.5 Å². The lowest BCUT2D eigenvalue weighted by molar-refractivity contribution is 0.0954. The van der Waals surface area contributed by atoms with E-state index >= 15 is 0 Å². The molecule has 166 valence electrons. The van der Waals surface area contributed by atoms with Gasteiger partial charge in [0.25, 0.3) is 5.91 Å². The van der Waals surface area contributed by atoms with Crippen LogP contribution in [0.1, 0.15) is 10.4 Å². The molecular formula is C24H24FN3O4. The highest BCUT2D eigenvalue weighted by molar-refractivity contribution is 6.02.